The summed E-state index contributed by atoms with van der Waals surface area (Å²) in [6, 6.07) is 13.2. The largest absolute Gasteiger partial charge is 0.357 e. The summed E-state index contributed by atoms with van der Waals surface area (Å²) >= 11 is 6.21. The third kappa shape index (κ3) is 4.14. The lowest BCUT2D eigenvalue weighted by molar-refractivity contribution is -0.126. The van der Waals surface area contributed by atoms with Gasteiger partial charge in [0.15, 0.2) is 0 Å². The zero-order valence-corrected chi connectivity index (χ0v) is 15.4. The summed E-state index contributed by atoms with van der Waals surface area (Å²) in [6.07, 6.45) is 3.14. The molecule has 6 heteroatoms. The standard InChI is InChI=1S/C20H21ClN4O/c1-14(17-4-2-3-5-18(17)21)24-20(26)16-8-10-25(11-9-16)19-7-6-15(12-22)13-23-19/h2-7,13-14,16H,8-11H2,1H3,(H,24,26)/t14-/m1/s1. The third-order valence-electron chi connectivity index (χ3n) is 4.80. The summed E-state index contributed by atoms with van der Waals surface area (Å²) in [5.74, 6) is 0.923. The molecule has 0 unspecified atom stereocenters. The van der Waals surface area contributed by atoms with Crippen molar-refractivity contribution in [3.8, 4) is 6.07 Å². The van der Waals surface area contributed by atoms with Crippen LogP contribution < -0.4 is 10.2 Å². The first kappa shape index (κ1) is 18.2. The van der Waals surface area contributed by atoms with E-state index in [0.29, 0.717) is 10.6 Å². The van der Waals surface area contributed by atoms with E-state index in [-0.39, 0.29) is 17.9 Å². The van der Waals surface area contributed by atoms with Gasteiger partial charge in [-0.1, -0.05) is 29.8 Å². The zero-order valence-electron chi connectivity index (χ0n) is 14.7. The van der Waals surface area contributed by atoms with Crippen LogP contribution in [0.4, 0.5) is 5.82 Å². The summed E-state index contributed by atoms with van der Waals surface area (Å²) in [4.78, 5) is 19.1. The third-order valence-corrected chi connectivity index (χ3v) is 5.14. The Morgan fingerprint density at radius 2 is 2.04 bits per heavy atom. The van der Waals surface area contributed by atoms with Gasteiger partial charge in [0.1, 0.15) is 11.9 Å². The van der Waals surface area contributed by atoms with Gasteiger partial charge in [-0.25, -0.2) is 4.98 Å². The first-order valence-electron chi connectivity index (χ1n) is 8.74. The molecular weight excluding hydrogens is 348 g/mol. The Labute approximate surface area is 158 Å². The Kier molecular flexibility index (Phi) is 5.75. The van der Waals surface area contributed by atoms with Crippen LogP contribution in [0.5, 0.6) is 0 Å². The Morgan fingerprint density at radius 3 is 2.65 bits per heavy atom. The number of nitrogens with zero attached hydrogens (tertiary/aromatic N) is 3. The van der Waals surface area contributed by atoms with Crippen LogP contribution in [-0.2, 0) is 4.79 Å². The summed E-state index contributed by atoms with van der Waals surface area (Å²) < 4.78 is 0. The van der Waals surface area contributed by atoms with Gasteiger partial charge in [0.2, 0.25) is 5.91 Å². The molecule has 0 radical (unpaired) electrons. The lowest BCUT2D eigenvalue weighted by Crippen LogP contribution is -2.41. The molecule has 2 aromatic rings. The quantitative estimate of drug-likeness (QED) is 0.893. The number of hydrogen-bond donors (Lipinski definition) is 1. The van der Waals surface area contributed by atoms with E-state index in [4.69, 9.17) is 16.9 Å². The molecule has 1 saturated heterocycles. The van der Waals surface area contributed by atoms with Crippen LogP contribution in [-0.4, -0.2) is 24.0 Å². The fourth-order valence-corrected chi connectivity index (χ4v) is 3.54. The van der Waals surface area contributed by atoms with Gasteiger partial charge >= 0.3 is 0 Å². The molecule has 1 fully saturated rings. The molecule has 0 spiro atoms. The van der Waals surface area contributed by atoms with E-state index in [9.17, 15) is 4.79 Å². The Balaban J connectivity index is 1.55. The highest BCUT2D eigenvalue weighted by atomic mass is 35.5. The fraction of sp³-hybridized carbons (Fsp3) is 0.350. The van der Waals surface area contributed by atoms with E-state index < -0.39 is 0 Å². The van der Waals surface area contributed by atoms with Crippen molar-refractivity contribution in [1.82, 2.24) is 10.3 Å². The molecular formula is C20H21ClN4O. The monoisotopic (exact) mass is 368 g/mol. The molecule has 1 aromatic heterocycles. The Bertz CT molecular complexity index is 807. The number of amides is 1. The second-order valence-electron chi connectivity index (χ2n) is 6.53. The molecule has 0 saturated carbocycles. The van der Waals surface area contributed by atoms with E-state index in [2.05, 4.69) is 21.3 Å². The fourth-order valence-electron chi connectivity index (χ4n) is 3.25. The number of rotatable bonds is 4. The van der Waals surface area contributed by atoms with Crippen LogP contribution in [0.1, 0.15) is 36.9 Å². The van der Waals surface area contributed by atoms with Crippen LogP contribution >= 0.6 is 11.6 Å². The van der Waals surface area contributed by atoms with Crippen LogP contribution in [0.3, 0.4) is 0 Å². The number of nitrogens with one attached hydrogen (secondary N) is 1. The summed E-state index contributed by atoms with van der Waals surface area (Å²) in [6.45, 7) is 3.50. The second kappa shape index (κ2) is 8.20. The predicted molar refractivity (Wildman–Crippen MR) is 102 cm³/mol. The van der Waals surface area contributed by atoms with Gasteiger partial charge in [0.05, 0.1) is 11.6 Å². The van der Waals surface area contributed by atoms with Crippen molar-refractivity contribution >= 4 is 23.3 Å². The predicted octanol–water partition coefficient (Wildman–Crippen LogP) is 3.70. The van der Waals surface area contributed by atoms with Crippen LogP contribution in [0, 0.1) is 17.2 Å². The van der Waals surface area contributed by atoms with E-state index in [1.165, 1.54) is 0 Å². The van der Waals surface area contributed by atoms with Crippen molar-refractivity contribution < 1.29 is 4.79 Å². The maximum absolute atomic E-state index is 12.6. The minimum Gasteiger partial charge on any atom is -0.357 e. The van der Waals surface area contributed by atoms with Crippen molar-refractivity contribution in [1.29, 1.82) is 5.26 Å². The van der Waals surface area contributed by atoms with E-state index in [0.717, 1.165) is 37.3 Å². The summed E-state index contributed by atoms with van der Waals surface area (Å²) in [7, 11) is 0. The maximum atomic E-state index is 12.6. The molecule has 1 aliphatic rings. The molecule has 0 aliphatic carbocycles. The number of halogens is 1. The van der Waals surface area contributed by atoms with E-state index in [1.54, 1.807) is 12.3 Å². The van der Waals surface area contributed by atoms with Gasteiger partial charge in [-0.3, -0.25) is 4.79 Å². The van der Waals surface area contributed by atoms with Gasteiger partial charge in [-0.2, -0.15) is 5.26 Å². The number of carbonyl (C=O) groups excluding carboxylic acids is 1. The molecule has 1 aliphatic heterocycles. The molecule has 1 amide bonds. The second-order valence-corrected chi connectivity index (χ2v) is 6.94. The highest BCUT2D eigenvalue weighted by Crippen LogP contribution is 2.25. The SMILES string of the molecule is C[C@@H](NC(=O)C1CCN(c2ccc(C#N)cn2)CC1)c1ccccc1Cl. The molecule has 2 heterocycles. The molecule has 1 aromatic carbocycles. The Morgan fingerprint density at radius 1 is 1.31 bits per heavy atom. The van der Waals surface area contributed by atoms with Gasteiger partial charge in [0.25, 0.3) is 0 Å². The van der Waals surface area contributed by atoms with Crippen LogP contribution in [0.15, 0.2) is 42.6 Å². The Hall–Kier alpha value is -2.58. The summed E-state index contributed by atoms with van der Waals surface area (Å²) in [5, 5.41) is 12.6. The van der Waals surface area contributed by atoms with Gasteiger partial charge in [0, 0.05) is 30.2 Å². The maximum Gasteiger partial charge on any atom is 0.223 e. The molecule has 26 heavy (non-hydrogen) atoms. The average Bonchev–Trinajstić information content (AvgIpc) is 2.68. The number of hydrogen-bond acceptors (Lipinski definition) is 4. The number of aromatic nitrogens is 1. The van der Waals surface area contributed by atoms with Crippen molar-refractivity contribution in [3.05, 3.63) is 58.7 Å². The normalized spacial score (nSPS) is 16.0. The first-order valence-corrected chi connectivity index (χ1v) is 9.12. The first-order chi connectivity index (χ1) is 12.6. The highest BCUT2D eigenvalue weighted by molar-refractivity contribution is 6.31. The number of carbonyl (C=O) groups is 1. The van der Waals surface area contributed by atoms with Gasteiger partial charge < -0.3 is 10.2 Å². The van der Waals surface area contributed by atoms with Crippen molar-refractivity contribution in [2.24, 2.45) is 5.92 Å². The van der Waals surface area contributed by atoms with Crippen molar-refractivity contribution in [2.45, 2.75) is 25.8 Å². The lowest BCUT2D eigenvalue weighted by Gasteiger charge is -2.32. The average molecular weight is 369 g/mol. The molecule has 1 atom stereocenters. The molecule has 1 N–H and O–H groups in total. The number of nitriles is 1. The number of benzene rings is 1. The molecule has 134 valence electrons. The van der Waals surface area contributed by atoms with Crippen molar-refractivity contribution in [3.63, 3.8) is 0 Å². The smallest absolute Gasteiger partial charge is 0.223 e. The molecule has 5 nitrogen and oxygen atoms in total. The van der Waals surface area contributed by atoms with Crippen LogP contribution in [0.2, 0.25) is 5.02 Å². The number of anilines is 1. The van der Waals surface area contributed by atoms with E-state index >= 15 is 0 Å². The van der Waals surface area contributed by atoms with Crippen LogP contribution in [0.25, 0.3) is 0 Å². The summed E-state index contributed by atoms with van der Waals surface area (Å²) in [5.41, 5.74) is 1.48. The minimum atomic E-state index is -0.116. The topological polar surface area (TPSA) is 69.0 Å². The van der Waals surface area contributed by atoms with Gasteiger partial charge in [-0.15, -0.1) is 0 Å². The molecule has 3 rings (SSSR count). The lowest BCUT2D eigenvalue weighted by atomic mass is 9.95. The zero-order chi connectivity index (χ0) is 18.5. The van der Waals surface area contributed by atoms with E-state index in [1.807, 2.05) is 37.3 Å². The number of piperidine rings is 1. The number of pyridine rings is 1. The highest BCUT2D eigenvalue weighted by Gasteiger charge is 2.26. The molecule has 0 bridgehead atoms. The van der Waals surface area contributed by atoms with Gasteiger partial charge in [-0.05, 0) is 43.5 Å². The minimum absolute atomic E-state index is 0.00503. The van der Waals surface area contributed by atoms with Crippen molar-refractivity contribution in [2.75, 3.05) is 18.0 Å².